The van der Waals surface area contributed by atoms with Gasteiger partial charge in [-0.15, -0.1) is 0 Å². The summed E-state index contributed by atoms with van der Waals surface area (Å²) in [4.78, 5) is 6.39. The molecule has 1 N–H and O–H groups in total. The molecule has 0 aliphatic heterocycles. The number of hydrogen-bond donors (Lipinski definition) is 1. The van der Waals surface area contributed by atoms with Crippen LogP contribution in [0, 0.1) is 0 Å². The fraction of sp³-hybridized carbons (Fsp3) is 0.389. The molecule has 0 saturated carbocycles. The largest absolute Gasteiger partial charge is 0.491 e. The van der Waals surface area contributed by atoms with Gasteiger partial charge in [0.2, 0.25) is 0 Å². The molecule has 0 amide bonds. The lowest BCUT2D eigenvalue weighted by atomic mass is 10.2. The molecular formula is C18H24ClN3O2. The van der Waals surface area contributed by atoms with Gasteiger partial charge in [0.15, 0.2) is 11.5 Å². The molecule has 0 fully saturated rings. The smallest absolute Gasteiger partial charge is 0.179 e. The number of ether oxygens (including phenoxy) is 2. The van der Waals surface area contributed by atoms with Crippen LogP contribution in [0.15, 0.2) is 30.5 Å². The Hall–Kier alpha value is -1.98. The van der Waals surface area contributed by atoms with Crippen LogP contribution in [-0.4, -0.2) is 32.8 Å². The van der Waals surface area contributed by atoms with E-state index >= 15 is 0 Å². The number of methoxy groups -OCH3 is 1. The van der Waals surface area contributed by atoms with Crippen molar-refractivity contribution in [3.8, 4) is 11.5 Å². The molecule has 0 atom stereocenters. The second-order valence-electron chi connectivity index (χ2n) is 5.56. The first kappa shape index (κ1) is 18.4. The van der Waals surface area contributed by atoms with Gasteiger partial charge in [0.25, 0.3) is 0 Å². The molecule has 5 nitrogen and oxygen atoms in total. The Labute approximate surface area is 148 Å². The highest BCUT2D eigenvalue weighted by molar-refractivity contribution is 6.32. The van der Waals surface area contributed by atoms with Gasteiger partial charge < -0.3 is 19.7 Å². The first-order chi connectivity index (χ1) is 11.5. The van der Waals surface area contributed by atoms with Crippen molar-refractivity contribution in [2.45, 2.75) is 20.0 Å². The minimum Gasteiger partial charge on any atom is -0.491 e. The van der Waals surface area contributed by atoms with E-state index in [1.807, 2.05) is 50.3 Å². The van der Waals surface area contributed by atoms with E-state index in [1.165, 1.54) is 0 Å². The molecule has 0 aliphatic rings. The summed E-state index contributed by atoms with van der Waals surface area (Å²) in [7, 11) is 5.54. The van der Waals surface area contributed by atoms with E-state index in [0.29, 0.717) is 29.7 Å². The Kier molecular flexibility index (Phi) is 6.70. The highest BCUT2D eigenvalue weighted by atomic mass is 35.5. The molecule has 0 bridgehead atoms. The third-order valence-corrected chi connectivity index (χ3v) is 3.78. The van der Waals surface area contributed by atoms with Crippen molar-refractivity contribution in [2.75, 3.05) is 32.7 Å². The number of rotatable bonds is 8. The normalized spacial score (nSPS) is 10.5. The van der Waals surface area contributed by atoms with Gasteiger partial charge in [-0.05, 0) is 36.2 Å². The maximum absolute atomic E-state index is 6.27. The summed E-state index contributed by atoms with van der Waals surface area (Å²) >= 11 is 6.27. The second-order valence-corrected chi connectivity index (χ2v) is 5.97. The number of halogens is 1. The number of hydrogen-bond acceptors (Lipinski definition) is 5. The number of nitrogens with one attached hydrogen (secondary N) is 1. The summed E-state index contributed by atoms with van der Waals surface area (Å²) in [6.45, 7) is 3.91. The van der Waals surface area contributed by atoms with Crippen LogP contribution in [0.4, 0.5) is 5.82 Å². The van der Waals surface area contributed by atoms with Gasteiger partial charge in [0.1, 0.15) is 5.82 Å². The van der Waals surface area contributed by atoms with Crippen LogP contribution in [0.1, 0.15) is 18.1 Å². The van der Waals surface area contributed by atoms with Gasteiger partial charge >= 0.3 is 0 Å². The summed E-state index contributed by atoms with van der Waals surface area (Å²) in [5, 5.41) is 3.95. The number of pyridine rings is 1. The van der Waals surface area contributed by atoms with E-state index in [1.54, 1.807) is 7.11 Å². The fourth-order valence-corrected chi connectivity index (χ4v) is 2.63. The lowest BCUT2D eigenvalue weighted by molar-refractivity contribution is 0.310. The zero-order chi connectivity index (χ0) is 17.5. The summed E-state index contributed by atoms with van der Waals surface area (Å²) in [5.41, 5.74) is 2.17. The molecule has 2 rings (SSSR count). The number of nitrogens with zero attached hydrogens (tertiary/aromatic N) is 2. The van der Waals surface area contributed by atoms with Gasteiger partial charge in [0.05, 0.1) is 18.7 Å². The molecule has 130 valence electrons. The van der Waals surface area contributed by atoms with Crippen molar-refractivity contribution in [3.63, 3.8) is 0 Å². The Morgan fingerprint density at radius 2 is 1.92 bits per heavy atom. The van der Waals surface area contributed by atoms with Crippen LogP contribution < -0.4 is 19.7 Å². The second kappa shape index (κ2) is 8.76. The van der Waals surface area contributed by atoms with Crippen molar-refractivity contribution in [1.82, 2.24) is 10.3 Å². The molecule has 0 aliphatic carbocycles. The molecule has 0 saturated heterocycles. The van der Waals surface area contributed by atoms with E-state index in [0.717, 1.165) is 23.5 Å². The van der Waals surface area contributed by atoms with E-state index < -0.39 is 0 Å². The molecule has 6 heteroatoms. The van der Waals surface area contributed by atoms with E-state index in [-0.39, 0.29) is 0 Å². The molecule has 2 aromatic rings. The number of benzene rings is 1. The van der Waals surface area contributed by atoms with Gasteiger partial charge in [-0.25, -0.2) is 4.98 Å². The topological polar surface area (TPSA) is 46.6 Å². The Morgan fingerprint density at radius 1 is 1.17 bits per heavy atom. The minimum atomic E-state index is 0.553. The van der Waals surface area contributed by atoms with Crippen molar-refractivity contribution in [1.29, 1.82) is 0 Å². The van der Waals surface area contributed by atoms with Crippen LogP contribution in [0.25, 0.3) is 0 Å². The van der Waals surface area contributed by atoms with Crippen LogP contribution in [-0.2, 0) is 13.1 Å². The van der Waals surface area contributed by atoms with Crippen LogP contribution in [0.2, 0.25) is 5.02 Å². The summed E-state index contributed by atoms with van der Waals surface area (Å²) < 4.78 is 10.9. The van der Waals surface area contributed by atoms with Crippen molar-refractivity contribution >= 4 is 17.4 Å². The van der Waals surface area contributed by atoms with Crippen molar-refractivity contribution < 1.29 is 9.47 Å². The minimum absolute atomic E-state index is 0.553. The van der Waals surface area contributed by atoms with E-state index in [2.05, 4.69) is 16.4 Å². The third kappa shape index (κ3) is 4.76. The fourth-order valence-electron chi connectivity index (χ4n) is 2.32. The standard InChI is InChI=1S/C18H24ClN3O2/c1-5-24-16-9-14(8-15(19)18(16)23-4)11-20-10-13-6-7-17(21-12-13)22(2)3/h6-9,12,20H,5,10-11H2,1-4H3. The SMILES string of the molecule is CCOc1cc(CNCc2ccc(N(C)C)nc2)cc(Cl)c1OC. The first-order valence-corrected chi connectivity index (χ1v) is 8.25. The van der Waals surface area contributed by atoms with Gasteiger partial charge in [0, 0.05) is 33.4 Å². The number of aromatic nitrogens is 1. The van der Waals surface area contributed by atoms with Gasteiger partial charge in [-0.3, -0.25) is 0 Å². The quantitative estimate of drug-likeness (QED) is 0.790. The Morgan fingerprint density at radius 3 is 2.50 bits per heavy atom. The lowest BCUT2D eigenvalue weighted by Gasteiger charge is -2.14. The lowest BCUT2D eigenvalue weighted by Crippen LogP contribution is -2.14. The first-order valence-electron chi connectivity index (χ1n) is 7.87. The maximum atomic E-state index is 6.27. The average molecular weight is 350 g/mol. The van der Waals surface area contributed by atoms with Crippen molar-refractivity contribution in [3.05, 3.63) is 46.6 Å². The maximum Gasteiger partial charge on any atom is 0.179 e. The molecule has 0 spiro atoms. The highest BCUT2D eigenvalue weighted by Gasteiger charge is 2.11. The molecule has 0 unspecified atom stereocenters. The van der Waals surface area contributed by atoms with E-state index in [4.69, 9.17) is 21.1 Å². The van der Waals surface area contributed by atoms with Gasteiger partial charge in [-0.2, -0.15) is 0 Å². The predicted octanol–water partition coefficient (Wildman–Crippen LogP) is 3.50. The summed E-state index contributed by atoms with van der Waals surface area (Å²) in [6.07, 6.45) is 1.88. The summed E-state index contributed by atoms with van der Waals surface area (Å²) in [6, 6.07) is 7.92. The predicted molar refractivity (Wildman–Crippen MR) is 98.3 cm³/mol. The third-order valence-electron chi connectivity index (χ3n) is 3.50. The number of anilines is 1. The molecule has 0 radical (unpaired) electrons. The average Bonchev–Trinajstić information content (AvgIpc) is 2.55. The zero-order valence-corrected chi connectivity index (χ0v) is 15.4. The molecular weight excluding hydrogens is 326 g/mol. The van der Waals surface area contributed by atoms with Crippen LogP contribution in [0.5, 0.6) is 11.5 Å². The summed E-state index contributed by atoms with van der Waals surface area (Å²) in [5.74, 6) is 2.19. The molecule has 1 heterocycles. The molecule has 24 heavy (non-hydrogen) atoms. The van der Waals surface area contributed by atoms with E-state index in [9.17, 15) is 0 Å². The van der Waals surface area contributed by atoms with Gasteiger partial charge in [-0.1, -0.05) is 17.7 Å². The van der Waals surface area contributed by atoms with Crippen molar-refractivity contribution in [2.24, 2.45) is 0 Å². The highest BCUT2D eigenvalue weighted by Crippen LogP contribution is 2.36. The Balaban J connectivity index is 1.98. The molecule has 1 aromatic carbocycles. The Bertz CT molecular complexity index is 660. The zero-order valence-electron chi connectivity index (χ0n) is 14.6. The monoisotopic (exact) mass is 349 g/mol. The van der Waals surface area contributed by atoms with Crippen LogP contribution >= 0.6 is 11.6 Å². The molecule has 1 aromatic heterocycles. The van der Waals surface area contributed by atoms with Crippen LogP contribution in [0.3, 0.4) is 0 Å².